The predicted molar refractivity (Wildman–Crippen MR) is 109 cm³/mol. The molecule has 4 N–H and O–H groups in total. The van der Waals surface area contributed by atoms with Crippen LogP contribution in [0.5, 0.6) is 11.5 Å². The van der Waals surface area contributed by atoms with Gasteiger partial charge in [-0.1, -0.05) is 24.3 Å². The van der Waals surface area contributed by atoms with Gasteiger partial charge in [-0.3, -0.25) is 19.2 Å². The molecule has 0 saturated carbocycles. The molecule has 2 aromatic carbocycles. The minimum atomic E-state index is -1.22. The molecule has 2 rings (SSSR count). The summed E-state index contributed by atoms with van der Waals surface area (Å²) in [6, 6.07) is 12.1. The van der Waals surface area contributed by atoms with Gasteiger partial charge in [0, 0.05) is 0 Å². The highest BCUT2D eigenvalue weighted by Gasteiger charge is 2.24. The zero-order valence-corrected chi connectivity index (χ0v) is 16.8. The van der Waals surface area contributed by atoms with Crippen LogP contribution >= 0.6 is 0 Å². The second-order valence-corrected chi connectivity index (χ2v) is 6.81. The van der Waals surface area contributed by atoms with E-state index in [0.29, 0.717) is 22.6 Å². The van der Waals surface area contributed by atoms with Crippen LogP contribution < -0.4 is 9.47 Å². The average Bonchev–Trinajstić information content (AvgIpc) is 2.74. The number of rotatable bonds is 13. The summed E-state index contributed by atoms with van der Waals surface area (Å²) in [6.07, 6.45) is -1.04. The fraction of sp³-hybridized carbons (Fsp3) is 0.273. The molecule has 0 saturated heterocycles. The Morgan fingerprint density at radius 2 is 0.906 bits per heavy atom. The Labute approximate surface area is 182 Å². The summed E-state index contributed by atoms with van der Waals surface area (Å²) >= 11 is 0. The normalized spacial score (nSPS) is 12.4. The van der Waals surface area contributed by atoms with Crippen LogP contribution in [-0.4, -0.2) is 57.5 Å². The highest BCUT2D eigenvalue weighted by molar-refractivity contribution is 5.83. The molecule has 0 heterocycles. The van der Waals surface area contributed by atoms with Gasteiger partial charge in [-0.2, -0.15) is 0 Å². The third-order valence-corrected chi connectivity index (χ3v) is 4.54. The Kier molecular flexibility index (Phi) is 8.58. The molecule has 0 spiro atoms. The van der Waals surface area contributed by atoms with Crippen molar-refractivity contribution >= 4 is 23.9 Å². The first-order valence-corrected chi connectivity index (χ1v) is 9.52. The van der Waals surface area contributed by atoms with Crippen LogP contribution in [0.4, 0.5) is 0 Å². The minimum Gasteiger partial charge on any atom is -0.490 e. The van der Waals surface area contributed by atoms with Gasteiger partial charge in [0.1, 0.15) is 24.7 Å². The third kappa shape index (κ3) is 7.31. The Morgan fingerprint density at radius 3 is 1.16 bits per heavy atom. The standard InChI is InChI=1S/C22H22O10/c23-19(24)11-17(21(27)28)13-1-5-15(6-2-13)31-9-10-32-16-7-3-14(4-8-16)18(22(29)30)12-20(25)26/h1-8,17-18H,9-12H2,(H,23,24)(H,25,26)(H,27,28)(H,29,30). The van der Waals surface area contributed by atoms with E-state index >= 15 is 0 Å². The molecule has 32 heavy (non-hydrogen) atoms. The lowest BCUT2D eigenvalue weighted by molar-refractivity contribution is -0.145. The van der Waals surface area contributed by atoms with E-state index in [4.69, 9.17) is 19.7 Å². The number of carboxylic acids is 4. The second-order valence-electron chi connectivity index (χ2n) is 6.81. The smallest absolute Gasteiger partial charge is 0.311 e. The van der Waals surface area contributed by atoms with E-state index in [0.717, 1.165) is 0 Å². The summed E-state index contributed by atoms with van der Waals surface area (Å²) < 4.78 is 11.0. The van der Waals surface area contributed by atoms with Gasteiger partial charge in [0.15, 0.2) is 0 Å². The molecule has 0 fully saturated rings. The Morgan fingerprint density at radius 1 is 0.594 bits per heavy atom. The molecule has 10 nitrogen and oxygen atoms in total. The second kappa shape index (κ2) is 11.3. The molecule has 0 aliphatic rings. The number of ether oxygens (including phenoxy) is 2. The van der Waals surface area contributed by atoms with E-state index in [9.17, 15) is 29.4 Å². The zero-order chi connectivity index (χ0) is 23.7. The fourth-order valence-electron chi connectivity index (χ4n) is 2.96. The Bertz CT molecular complexity index is 870. The van der Waals surface area contributed by atoms with Crippen molar-refractivity contribution in [1.29, 1.82) is 0 Å². The van der Waals surface area contributed by atoms with Gasteiger partial charge in [-0.05, 0) is 35.4 Å². The third-order valence-electron chi connectivity index (χ3n) is 4.54. The summed E-state index contributed by atoms with van der Waals surface area (Å²) in [5.41, 5.74) is 0.706. The van der Waals surface area contributed by atoms with E-state index in [1.807, 2.05) is 0 Å². The highest BCUT2D eigenvalue weighted by atomic mass is 16.5. The zero-order valence-electron chi connectivity index (χ0n) is 16.8. The van der Waals surface area contributed by atoms with Crippen LogP contribution in [0, 0.1) is 0 Å². The van der Waals surface area contributed by atoms with Crippen molar-refractivity contribution in [2.24, 2.45) is 0 Å². The van der Waals surface area contributed by atoms with E-state index in [1.165, 1.54) is 48.5 Å². The number of hydrogen-bond acceptors (Lipinski definition) is 6. The van der Waals surface area contributed by atoms with Gasteiger partial charge in [0.05, 0.1) is 24.7 Å². The number of hydrogen-bond donors (Lipinski definition) is 4. The maximum Gasteiger partial charge on any atom is 0.311 e. The summed E-state index contributed by atoms with van der Waals surface area (Å²) in [5, 5.41) is 36.0. The summed E-state index contributed by atoms with van der Waals surface area (Å²) in [6.45, 7) is 0.324. The van der Waals surface area contributed by atoms with Gasteiger partial charge in [0.25, 0.3) is 0 Å². The number of carbonyl (C=O) groups is 4. The van der Waals surface area contributed by atoms with Crippen LogP contribution in [0.3, 0.4) is 0 Å². The van der Waals surface area contributed by atoms with Gasteiger partial charge in [0.2, 0.25) is 0 Å². The van der Waals surface area contributed by atoms with Gasteiger partial charge < -0.3 is 29.9 Å². The van der Waals surface area contributed by atoms with Crippen molar-refractivity contribution in [3.8, 4) is 11.5 Å². The summed E-state index contributed by atoms with van der Waals surface area (Å²) in [4.78, 5) is 44.1. The summed E-state index contributed by atoms with van der Waals surface area (Å²) in [5.74, 6) is -6.26. The quantitative estimate of drug-likeness (QED) is 0.335. The molecule has 2 aromatic rings. The SMILES string of the molecule is O=C(O)CC(C(=O)O)c1ccc(OCCOc2ccc(C(CC(=O)O)C(=O)O)cc2)cc1. The number of benzene rings is 2. The van der Waals surface area contributed by atoms with Crippen molar-refractivity contribution in [1.82, 2.24) is 0 Å². The van der Waals surface area contributed by atoms with Crippen molar-refractivity contribution < 1.29 is 49.1 Å². The maximum absolute atomic E-state index is 11.2. The average molecular weight is 446 g/mol. The Balaban J connectivity index is 1.85. The van der Waals surface area contributed by atoms with E-state index in [-0.39, 0.29) is 13.2 Å². The lowest BCUT2D eigenvalue weighted by Gasteiger charge is -2.13. The lowest BCUT2D eigenvalue weighted by Crippen LogP contribution is -2.16. The molecule has 0 aromatic heterocycles. The first-order chi connectivity index (χ1) is 15.2. The molecule has 2 atom stereocenters. The fourth-order valence-corrected chi connectivity index (χ4v) is 2.96. The topological polar surface area (TPSA) is 168 Å². The molecule has 0 aliphatic carbocycles. The molecule has 0 amide bonds. The largest absolute Gasteiger partial charge is 0.490 e. The highest BCUT2D eigenvalue weighted by Crippen LogP contribution is 2.24. The van der Waals surface area contributed by atoms with Crippen LogP contribution in [0.2, 0.25) is 0 Å². The molecular weight excluding hydrogens is 424 g/mol. The number of aliphatic carboxylic acids is 4. The predicted octanol–water partition coefficient (Wildman–Crippen LogP) is 2.43. The first-order valence-electron chi connectivity index (χ1n) is 9.52. The van der Waals surface area contributed by atoms with Crippen molar-refractivity contribution in [3.05, 3.63) is 59.7 Å². The van der Waals surface area contributed by atoms with E-state index < -0.39 is 48.6 Å². The molecular formula is C22H22O10. The van der Waals surface area contributed by atoms with Gasteiger partial charge in [-0.15, -0.1) is 0 Å². The lowest BCUT2D eigenvalue weighted by atomic mass is 9.96. The monoisotopic (exact) mass is 446 g/mol. The maximum atomic E-state index is 11.2. The van der Waals surface area contributed by atoms with Crippen LogP contribution in [-0.2, 0) is 19.2 Å². The Hall–Kier alpha value is -4.08. The molecule has 170 valence electrons. The van der Waals surface area contributed by atoms with E-state index in [2.05, 4.69) is 0 Å². The molecule has 0 aliphatic heterocycles. The molecule has 10 heteroatoms. The van der Waals surface area contributed by atoms with Gasteiger partial charge >= 0.3 is 23.9 Å². The molecule has 0 radical (unpaired) electrons. The van der Waals surface area contributed by atoms with Crippen LogP contribution in [0.25, 0.3) is 0 Å². The summed E-state index contributed by atoms with van der Waals surface area (Å²) in [7, 11) is 0. The minimum absolute atomic E-state index is 0.162. The van der Waals surface area contributed by atoms with Crippen LogP contribution in [0.15, 0.2) is 48.5 Å². The van der Waals surface area contributed by atoms with E-state index in [1.54, 1.807) is 0 Å². The van der Waals surface area contributed by atoms with Crippen molar-refractivity contribution in [3.63, 3.8) is 0 Å². The van der Waals surface area contributed by atoms with Crippen molar-refractivity contribution in [2.75, 3.05) is 13.2 Å². The molecule has 2 unspecified atom stereocenters. The van der Waals surface area contributed by atoms with Crippen molar-refractivity contribution in [2.45, 2.75) is 24.7 Å². The first kappa shape index (κ1) is 24.2. The number of carboxylic acid groups (broad SMARTS) is 4. The van der Waals surface area contributed by atoms with Gasteiger partial charge in [-0.25, -0.2) is 0 Å². The molecule has 0 bridgehead atoms. The van der Waals surface area contributed by atoms with Crippen LogP contribution in [0.1, 0.15) is 35.8 Å².